The van der Waals surface area contributed by atoms with Crippen molar-refractivity contribution in [1.82, 2.24) is 9.71 Å². The zero-order valence-corrected chi connectivity index (χ0v) is 11.0. The predicted molar refractivity (Wildman–Crippen MR) is 67.9 cm³/mol. The van der Waals surface area contributed by atoms with Crippen molar-refractivity contribution in [3.05, 3.63) is 18.3 Å². The number of nitrogens with zero attached hydrogens (tertiary/aromatic N) is 1. The van der Waals surface area contributed by atoms with E-state index in [1.54, 1.807) is 7.05 Å². The summed E-state index contributed by atoms with van der Waals surface area (Å²) < 4.78 is 32.2. The molecule has 100 valence electrons. The summed E-state index contributed by atoms with van der Waals surface area (Å²) in [6.07, 6.45) is 2.90. The summed E-state index contributed by atoms with van der Waals surface area (Å²) >= 11 is 0. The molecule has 2 N–H and O–H groups in total. The van der Waals surface area contributed by atoms with E-state index >= 15 is 0 Å². The molecule has 0 bridgehead atoms. The van der Waals surface area contributed by atoms with E-state index in [1.165, 1.54) is 18.3 Å². The van der Waals surface area contributed by atoms with Crippen LogP contribution in [0.15, 0.2) is 23.2 Å². The number of pyridine rings is 1. The molecule has 0 radical (unpaired) electrons. The van der Waals surface area contributed by atoms with Gasteiger partial charge < -0.3 is 10.1 Å². The third-order valence-corrected chi connectivity index (χ3v) is 4.36. The van der Waals surface area contributed by atoms with Crippen LogP contribution in [0.1, 0.15) is 12.8 Å². The van der Waals surface area contributed by atoms with Crippen molar-refractivity contribution in [2.45, 2.75) is 23.8 Å². The Bertz CT molecular complexity index is 498. The van der Waals surface area contributed by atoms with E-state index in [9.17, 15) is 8.42 Å². The van der Waals surface area contributed by atoms with Gasteiger partial charge in [-0.25, -0.2) is 18.1 Å². The molecule has 0 unspecified atom stereocenters. The summed E-state index contributed by atoms with van der Waals surface area (Å²) in [4.78, 5) is 4.22. The zero-order valence-electron chi connectivity index (χ0n) is 10.2. The van der Waals surface area contributed by atoms with Gasteiger partial charge in [0.05, 0.1) is 4.90 Å². The third-order valence-electron chi connectivity index (χ3n) is 2.84. The molecule has 2 rings (SSSR count). The van der Waals surface area contributed by atoms with Crippen LogP contribution in [-0.2, 0) is 14.8 Å². The minimum atomic E-state index is -3.48. The minimum Gasteiger partial charge on any atom is -0.381 e. The van der Waals surface area contributed by atoms with Crippen LogP contribution in [0.3, 0.4) is 0 Å². The largest absolute Gasteiger partial charge is 0.381 e. The van der Waals surface area contributed by atoms with Crippen molar-refractivity contribution in [3.63, 3.8) is 0 Å². The maximum atomic E-state index is 12.2. The molecule has 18 heavy (non-hydrogen) atoms. The Morgan fingerprint density at radius 2 is 2.11 bits per heavy atom. The van der Waals surface area contributed by atoms with Crippen LogP contribution in [0, 0.1) is 0 Å². The highest BCUT2D eigenvalue weighted by Crippen LogP contribution is 2.15. The quantitative estimate of drug-likeness (QED) is 0.837. The number of nitrogens with one attached hydrogen (secondary N) is 2. The van der Waals surface area contributed by atoms with Crippen LogP contribution in [0.2, 0.25) is 0 Å². The van der Waals surface area contributed by atoms with E-state index in [1.807, 2.05) is 0 Å². The molecular formula is C11H17N3O3S. The summed E-state index contributed by atoms with van der Waals surface area (Å²) in [6.45, 7) is 1.20. The molecule has 1 aliphatic rings. The van der Waals surface area contributed by atoms with Gasteiger partial charge in [-0.15, -0.1) is 0 Å². The van der Waals surface area contributed by atoms with E-state index in [0.29, 0.717) is 31.9 Å². The average Bonchev–Trinajstić information content (AvgIpc) is 2.39. The van der Waals surface area contributed by atoms with Gasteiger partial charge in [-0.05, 0) is 18.9 Å². The Balaban J connectivity index is 2.13. The second kappa shape index (κ2) is 5.64. The standard InChI is InChI=1S/C11H17N3O3S/c1-12-11-8-10(2-5-13-11)18(15,16)14-9-3-6-17-7-4-9/h2,5,8-9,14H,3-4,6-7H2,1H3,(H,12,13). The second-order valence-corrected chi connectivity index (χ2v) is 5.85. The lowest BCUT2D eigenvalue weighted by Crippen LogP contribution is -2.38. The summed E-state index contributed by atoms with van der Waals surface area (Å²) in [5.74, 6) is 0.532. The minimum absolute atomic E-state index is 0.0463. The molecule has 0 atom stereocenters. The van der Waals surface area contributed by atoms with Gasteiger partial charge in [0.15, 0.2) is 0 Å². The fourth-order valence-corrected chi connectivity index (χ4v) is 3.14. The van der Waals surface area contributed by atoms with Crippen LogP contribution in [-0.4, -0.2) is 39.7 Å². The molecule has 1 aliphatic heterocycles. The molecule has 0 aliphatic carbocycles. The zero-order chi connectivity index (χ0) is 13.0. The molecule has 0 saturated carbocycles. The van der Waals surface area contributed by atoms with Gasteiger partial charge in [-0.1, -0.05) is 0 Å². The van der Waals surface area contributed by atoms with E-state index < -0.39 is 10.0 Å². The number of ether oxygens (including phenoxy) is 1. The highest BCUT2D eigenvalue weighted by atomic mass is 32.2. The summed E-state index contributed by atoms with van der Waals surface area (Å²) in [7, 11) is -1.78. The first kappa shape index (κ1) is 13.3. The Labute approximate surface area is 107 Å². The SMILES string of the molecule is CNc1cc(S(=O)(=O)NC2CCOCC2)ccn1. The molecule has 0 amide bonds. The van der Waals surface area contributed by atoms with Crippen molar-refractivity contribution in [2.24, 2.45) is 0 Å². The van der Waals surface area contributed by atoms with Crippen molar-refractivity contribution in [1.29, 1.82) is 0 Å². The topological polar surface area (TPSA) is 80.3 Å². The Kier molecular flexibility index (Phi) is 4.15. The van der Waals surface area contributed by atoms with Crippen molar-refractivity contribution < 1.29 is 13.2 Å². The lowest BCUT2D eigenvalue weighted by Gasteiger charge is -2.22. The highest BCUT2D eigenvalue weighted by molar-refractivity contribution is 7.89. The highest BCUT2D eigenvalue weighted by Gasteiger charge is 2.22. The number of anilines is 1. The van der Waals surface area contributed by atoms with Gasteiger partial charge in [0, 0.05) is 38.6 Å². The maximum absolute atomic E-state index is 12.2. The van der Waals surface area contributed by atoms with Gasteiger partial charge in [-0.2, -0.15) is 0 Å². The summed E-state index contributed by atoms with van der Waals surface area (Å²) in [6, 6.07) is 2.96. The second-order valence-electron chi connectivity index (χ2n) is 4.13. The maximum Gasteiger partial charge on any atom is 0.241 e. The van der Waals surface area contributed by atoms with Crippen LogP contribution < -0.4 is 10.0 Å². The average molecular weight is 271 g/mol. The summed E-state index contributed by atoms with van der Waals surface area (Å²) in [5, 5.41) is 2.82. The predicted octanol–water partition coefficient (Wildman–Crippen LogP) is 0.581. The van der Waals surface area contributed by atoms with Crippen LogP contribution in [0.25, 0.3) is 0 Å². The molecular weight excluding hydrogens is 254 g/mol. The van der Waals surface area contributed by atoms with E-state index in [2.05, 4.69) is 15.0 Å². The van der Waals surface area contributed by atoms with Gasteiger partial charge in [-0.3, -0.25) is 0 Å². The van der Waals surface area contributed by atoms with Crippen LogP contribution in [0.5, 0.6) is 0 Å². The molecule has 1 aromatic heterocycles. The van der Waals surface area contributed by atoms with Crippen molar-refractivity contribution in [3.8, 4) is 0 Å². The van der Waals surface area contributed by atoms with Crippen molar-refractivity contribution in [2.75, 3.05) is 25.6 Å². The van der Waals surface area contributed by atoms with Gasteiger partial charge in [0.1, 0.15) is 5.82 Å². The van der Waals surface area contributed by atoms with Gasteiger partial charge in [0.2, 0.25) is 10.0 Å². The molecule has 0 aromatic carbocycles. The first-order valence-corrected chi connectivity index (χ1v) is 7.34. The molecule has 6 nitrogen and oxygen atoms in total. The molecule has 1 aromatic rings. The molecule has 7 heteroatoms. The first-order chi connectivity index (χ1) is 8.62. The Morgan fingerprint density at radius 3 is 2.78 bits per heavy atom. The Morgan fingerprint density at radius 1 is 1.39 bits per heavy atom. The lowest BCUT2D eigenvalue weighted by molar-refractivity contribution is 0.0832. The molecule has 0 spiro atoms. The van der Waals surface area contributed by atoms with Crippen LogP contribution in [0.4, 0.5) is 5.82 Å². The molecule has 1 saturated heterocycles. The van der Waals surface area contributed by atoms with E-state index in [0.717, 1.165) is 0 Å². The monoisotopic (exact) mass is 271 g/mol. The Hall–Kier alpha value is -1.18. The van der Waals surface area contributed by atoms with E-state index in [-0.39, 0.29) is 10.9 Å². The normalized spacial score (nSPS) is 17.6. The van der Waals surface area contributed by atoms with Crippen LogP contribution >= 0.6 is 0 Å². The first-order valence-electron chi connectivity index (χ1n) is 5.86. The fourth-order valence-electron chi connectivity index (χ4n) is 1.82. The van der Waals surface area contributed by atoms with Crippen molar-refractivity contribution >= 4 is 15.8 Å². The summed E-state index contributed by atoms with van der Waals surface area (Å²) in [5.41, 5.74) is 0. The third kappa shape index (κ3) is 3.18. The number of hydrogen-bond acceptors (Lipinski definition) is 5. The lowest BCUT2D eigenvalue weighted by atomic mass is 10.1. The molecule has 1 fully saturated rings. The molecule has 2 heterocycles. The number of hydrogen-bond donors (Lipinski definition) is 2. The number of rotatable bonds is 4. The number of sulfonamides is 1. The van der Waals surface area contributed by atoms with E-state index in [4.69, 9.17) is 4.74 Å². The fraction of sp³-hybridized carbons (Fsp3) is 0.545. The number of aromatic nitrogens is 1. The van der Waals surface area contributed by atoms with Gasteiger partial charge >= 0.3 is 0 Å². The smallest absolute Gasteiger partial charge is 0.241 e. The van der Waals surface area contributed by atoms with Gasteiger partial charge in [0.25, 0.3) is 0 Å².